The average molecular weight is 128 g/mol. The zero-order valence-corrected chi connectivity index (χ0v) is 5.03. The summed E-state index contributed by atoms with van der Waals surface area (Å²) < 4.78 is 0. The zero-order valence-electron chi connectivity index (χ0n) is 5.03. The molecule has 0 spiro atoms. The third-order valence-electron chi connectivity index (χ3n) is 0.666. The molecule has 0 amide bonds. The van der Waals surface area contributed by atoms with Crippen molar-refractivity contribution in [3.8, 4) is 0 Å². The van der Waals surface area contributed by atoms with Crippen LogP contribution < -0.4 is 0 Å². The molecule has 0 aliphatic rings. The molecule has 3 nitrogen and oxygen atoms in total. The fourth-order valence-electron chi connectivity index (χ4n) is 0.259. The molecular formula is C6H8O3. The van der Waals surface area contributed by atoms with Gasteiger partial charge in [-0.25, -0.2) is 4.79 Å². The van der Waals surface area contributed by atoms with Crippen molar-refractivity contribution in [2.45, 2.75) is 6.92 Å². The molecule has 0 rings (SSSR count). The van der Waals surface area contributed by atoms with Gasteiger partial charge in [0.05, 0.1) is 0 Å². The zero-order chi connectivity index (χ0) is 7.28. The van der Waals surface area contributed by atoms with Crippen LogP contribution in [0.2, 0.25) is 0 Å². The standard InChI is InChI=1S/C6H8O3/c1-2-3-4-5(7)6(8)9/h2-4,7H,1H3,(H,8,9)/b3-2-,5-4-. The van der Waals surface area contributed by atoms with Crippen LogP contribution in [0.1, 0.15) is 6.92 Å². The summed E-state index contributed by atoms with van der Waals surface area (Å²) in [6.45, 7) is 1.73. The second-order valence-electron chi connectivity index (χ2n) is 1.38. The molecule has 0 saturated heterocycles. The third kappa shape index (κ3) is 3.34. The number of aliphatic hydroxyl groups excluding tert-OH is 1. The van der Waals surface area contributed by atoms with Crippen LogP contribution in [0, 0.1) is 0 Å². The van der Waals surface area contributed by atoms with Gasteiger partial charge < -0.3 is 10.2 Å². The van der Waals surface area contributed by atoms with E-state index in [4.69, 9.17) is 10.2 Å². The van der Waals surface area contributed by atoms with E-state index in [1.807, 2.05) is 0 Å². The molecule has 0 unspecified atom stereocenters. The summed E-state index contributed by atoms with van der Waals surface area (Å²) in [6.07, 6.45) is 4.19. The lowest BCUT2D eigenvalue weighted by atomic mass is 10.4. The van der Waals surface area contributed by atoms with E-state index >= 15 is 0 Å². The first kappa shape index (κ1) is 7.75. The van der Waals surface area contributed by atoms with Crippen LogP contribution in [-0.4, -0.2) is 16.2 Å². The molecule has 0 radical (unpaired) electrons. The van der Waals surface area contributed by atoms with Gasteiger partial charge in [-0.05, 0) is 13.0 Å². The van der Waals surface area contributed by atoms with Crippen molar-refractivity contribution in [1.29, 1.82) is 0 Å². The summed E-state index contributed by atoms with van der Waals surface area (Å²) in [5.74, 6) is -1.96. The molecule has 9 heavy (non-hydrogen) atoms. The van der Waals surface area contributed by atoms with Gasteiger partial charge in [0.15, 0.2) is 0 Å². The van der Waals surface area contributed by atoms with Gasteiger partial charge in [-0.1, -0.05) is 12.2 Å². The molecule has 0 aromatic heterocycles. The number of carboxylic acids is 1. The molecule has 0 heterocycles. The lowest BCUT2D eigenvalue weighted by molar-refractivity contribution is -0.135. The van der Waals surface area contributed by atoms with Crippen molar-refractivity contribution < 1.29 is 15.0 Å². The second kappa shape index (κ2) is 3.72. The maximum Gasteiger partial charge on any atom is 0.370 e. The van der Waals surface area contributed by atoms with E-state index in [-0.39, 0.29) is 0 Å². The van der Waals surface area contributed by atoms with Gasteiger partial charge in [0, 0.05) is 0 Å². The van der Waals surface area contributed by atoms with Crippen LogP contribution in [-0.2, 0) is 4.79 Å². The molecule has 0 aromatic carbocycles. The maximum absolute atomic E-state index is 9.85. The Hall–Kier alpha value is -1.25. The summed E-state index contributed by atoms with van der Waals surface area (Å²) in [5.41, 5.74) is 0. The van der Waals surface area contributed by atoms with E-state index in [0.29, 0.717) is 0 Å². The number of hydrogen-bond acceptors (Lipinski definition) is 2. The molecular weight excluding hydrogens is 120 g/mol. The monoisotopic (exact) mass is 128 g/mol. The number of aliphatic carboxylic acids is 1. The Bertz CT molecular complexity index is 156. The minimum Gasteiger partial charge on any atom is -0.502 e. The number of allylic oxidation sites excluding steroid dienone is 3. The van der Waals surface area contributed by atoms with E-state index in [1.165, 1.54) is 6.08 Å². The van der Waals surface area contributed by atoms with Crippen LogP contribution in [0.15, 0.2) is 24.0 Å². The molecule has 3 heteroatoms. The van der Waals surface area contributed by atoms with Gasteiger partial charge in [-0.2, -0.15) is 0 Å². The summed E-state index contributed by atoms with van der Waals surface area (Å²) >= 11 is 0. The highest BCUT2D eigenvalue weighted by Crippen LogP contribution is 1.87. The van der Waals surface area contributed by atoms with Gasteiger partial charge in [-0.15, -0.1) is 0 Å². The van der Waals surface area contributed by atoms with Crippen molar-refractivity contribution in [3.63, 3.8) is 0 Å². The van der Waals surface area contributed by atoms with Crippen LogP contribution in [0.4, 0.5) is 0 Å². The molecule has 0 aliphatic heterocycles. The third-order valence-corrected chi connectivity index (χ3v) is 0.666. The predicted molar refractivity (Wildman–Crippen MR) is 33.2 cm³/mol. The summed E-state index contributed by atoms with van der Waals surface area (Å²) in [4.78, 5) is 9.85. The highest BCUT2D eigenvalue weighted by molar-refractivity contribution is 5.83. The Kier molecular flexibility index (Phi) is 3.20. The Labute approximate surface area is 52.9 Å². The summed E-state index contributed by atoms with van der Waals surface area (Å²) in [7, 11) is 0. The first-order valence-electron chi connectivity index (χ1n) is 2.43. The van der Waals surface area contributed by atoms with Crippen molar-refractivity contribution in [2.24, 2.45) is 0 Å². The van der Waals surface area contributed by atoms with Gasteiger partial charge >= 0.3 is 5.97 Å². The maximum atomic E-state index is 9.85. The molecule has 0 saturated carbocycles. The van der Waals surface area contributed by atoms with Crippen LogP contribution in [0.25, 0.3) is 0 Å². The molecule has 0 bridgehead atoms. The minimum atomic E-state index is -1.31. The molecule has 50 valence electrons. The molecule has 0 aliphatic carbocycles. The smallest absolute Gasteiger partial charge is 0.370 e. The van der Waals surface area contributed by atoms with Crippen molar-refractivity contribution in [1.82, 2.24) is 0 Å². The topological polar surface area (TPSA) is 57.5 Å². The first-order chi connectivity index (χ1) is 4.18. The Morgan fingerprint density at radius 3 is 2.33 bits per heavy atom. The largest absolute Gasteiger partial charge is 0.502 e. The van der Waals surface area contributed by atoms with Crippen molar-refractivity contribution in [3.05, 3.63) is 24.0 Å². The van der Waals surface area contributed by atoms with E-state index in [0.717, 1.165) is 6.08 Å². The van der Waals surface area contributed by atoms with Crippen LogP contribution in [0.3, 0.4) is 0 Å². The Morgan fingerprint density at radius 1 is 1.44 bits per heavy atom. The highest BCUT2D eigenvalue weighted by Gasteiger charge is 1.98. The second-order valence-corrected chi connectivity index (χ2v) is 1.38. The predicted octanol–water partition coefficient (Wildman–Crippen LogP) is 1.09. The molecule has 0 fully saturated rings. The number of rotatable bonds is 2. The van der Waals surface area contributed by atoms with Gasteiger partial charge in [0.25, 0.3) is 0 Å². The lowest BCUT2D eigenvalue weighted by Gasteiger charge is -1.85. The fraction of sp³-hybridized carbons (Fsp3) is 0.167. The quantitative estimate of drug-likeness (QED) is 0.332. The number of carboxylic acid groups (broad SMARTS) is 1. The number of carbonyl (C=O) groups is 1. The van der Waals surface area contributed by atoms with E-state index in [1.54, 1.807) is 13.0 Å². The normalized spacial score (nSPS) is 12.3. The number of aliphatic hydroxyl groups is 1. The van der Waals surface area contributed by atoms with E-state index in [2.05, 4.69) is 0 Å². The number of hydrogen-bond donors (Lipinski definition) is 2. The van der Waals surface area contributed by atoms with Crippen LogP contribution in [0.5, 0.6) is 0 Å². The van der Waals surface area contributed by atoms with E-state index in [9.17, 15) is 4.79 Å². The molecule has 0 atom stereocenters. The Morgan fingerprint density at radius 2 is 2.00 bits per heavy atom. The Balaban J connectivity index is 4.00. The highest BCUT2D eigenvalue weighted by atomic mass is 16.4. The minimum absolute atomic E-state index is 0.645. The van der Waals surface area contributed by atoms with E-state index < -0.39 is 11.7 Å². The van der Waals surface area contributed by atoms with Crippen molar-refractivity contribution in [2.75, 3.05) is 0 Å². The SMILES string of the molecule is C/C=C\C=C(/O)C(=O)O. The average Bonchev–Trinajstić information content (AvgIpc) is 1.82. The lowest BCUT2D eigenvalue weighted by Crippen LogP contribution is -1.97. The van der Waals surface area contributed by atoms with Gasteiger partial charge in [0.1, 0.15) is 0 Å². The summed E-state index contributed by atoms with van der Waals surface area (Å²) in [5, 5.41) is 16.5. The molecule has 0 aromatic rings. The first-order valence-corrected chi connectivity index (χ1v) is 2.43. The van der Waals surface area contributed by atoms with Gasteiger partial charge in [-0.3, -0.25) is 0 Å². The summed E-state index contributed by atoms with van der Waals surface area (Å²) in [6, 6.07) is 0. The molecule has 2 N–H and O–H groups in total. The van der Waals surface area contributed by atoms with Crippen molar-refractivity contribution >= 4 is 5.97 Å². The fourth-order valence-corrected chi connectivity index (χ4v) is 0.259. The van der Waals surface area contributed by atoms with Crippen LogP contribution >= 0.6 is 0 Å². The van der Waals surface area contributed by atoms with Gasteiger partial charge in [0.2, 0.25) is 5.76 Å².